The zero-order valence-electron chi connectivity index (χ0n) is 14.1. The Morgan fingerprint density at radius 1 is 1.00 bits per heavy atom. The van der Waals surface area contributed by atoms with Gasteiger partial charge in [-0.1, -0.05) is 46.4 Å². The molecule has 0 spiro atoms. The average Bonchev–Trinajstić information content (AvgIpc) is 2.37. The van der Waals surface area contributed by atoms with E-state index in [1.807, 2.05) is 11.8 Å². The van der Waals surface area contributed by atoms with Crippen LogP contribution in [0.2, 0.25) is 0 Å². The van der Waals surface area contributed by atoms with Crippen molar-refractivity contribution in [3.63, 3.8) is 0 Å². The molecule has 21 heavy (non-hydrogen) atoms. The number of amides is 1. The molecule has 0 radical (unpaired) electrons. The normalized spacial score (nSPS) is 10.8. The van der Waals surface area contributed by atoms with E-state index in [4.69, 9.17) is 0 Å². The van der Waals surface area contributed by atoms with Crippen molar-refractivity contribution in [2.24, 2.45) is 5.92 Å². The van der Waals surface area contributed by atoms with Crippen molar-refractivity contribution in [1.82, 2.24) is 10.6 Å². The Balaban J connectivity index is 3.57. The number of thioether (sulfide) groups is 1. The smallest absolute Gasteiger partial charge is 0.220 e. The highest BCUT2D eigenvalue weighted by molar-refractivity contribution is 7.99. The molecule has 122 valence electrons. The van der Waals surface area contributed by atoms with E-state index < -0.39 is 0 Å². The molecular formula is C17H32N2OS. The zero-order valence-corrected chi connectivity index (χ0v) is 14.9. The number of carbonyl (C=O) groups is 1. The van der Waals surface area contributed by atoms with Crippen LogP contribution >= 0.6 is 11.8 Å². The fraction of sp³-hybridized carbons (Fsp3) is 0.706. The van der Waals surface area contributed by atoms with Crippen molar-refractivity contribution >= 4 is 17.7 Å². The van der Waals surface area contributed by atoms with Gasteiger partial charge in [-0.25, -0.2) is 0 Å². The first-order valence-corrected chi connectivity index (χ1v) is 8.85. The molecule has 0 atom stereocenters. The molecular weight excluding hydrogens is 280 g/mol. The predicted molar refractivity (Wildman–Crippen MR) is 95.6 cm³/mol. The van der Waals surface area contributed by atoms with E-state index in [1.54, 1.807) is 0 Å². The Bertz CT molecular complexity index is 338. The van der Waals surface area contributed by atoms with Crippen LogP contribution in [-0.4, -0.2) is 30.0 Å². The lowest BCUT2D eigenvalue weighted by Crippen LogP contribution is -2.27. The molecule has 0 aliphatic heterocycles. The lowest BCUT2D eigenvalue weighted by molar-refractivity contribution is -0.120. The minimum absolute atomic E-state index is 0.129. The molecule has 4 heteroatoms. The number of nitrogens with one attached hydrogen (secondary N) is 2. The summed E-state index contributed by atoms with van der Waals surface area (Å²) in [7, 11) is 0. The van der Waals surface area contributed by atoms with Gasteiger partial charge in [-0.2, -0.15) is 11.8 Å². The molecule has 0 aliphatic carbocycles. The van der Waals surface area contributed by atoms with Crippen LogP contribution in [-0.2, 0) is 4.79 Å². The third kappa shape index (κ3) is 12.5. The topological polar surface area (TPSA) is 41.1 Å². The van der Waals surface area contributed by atoms with Gasteiger partial charge in [-0.3, -0.25) is 4.79 Å². The first-order valence-electron chi connectivity index (χ1n) is 7.80. The van der Waals surface area contributed by atoms with Gasteiger partial charge in [0, 0.05) is 37.4 Å². The average molecular weight is 313 g/mol. The van der Waals surface area contributed by atoms with Crippen molar-refractivity contribution in [2.45, 2.75) is 52.2 Å². The molecule has 2 N–H and O–H groups in total. The summed E-state index contributed by atoms with van der Waals surface area (Å²) in [6.45, 7) is 18.2. The molecule has 3 nitrogen and oxygen atoms in total. The number of hydrogen-bond acceptors (Lipinski definition) is 3. The zero-order chi connectivity index (χ0) is 16.3. The summed E-state index contributed by atoms with van der Waals surface area (Å²) in [5.41, 5.74) is 2.23. The second-order valence-corrected chi connectivity index (χ2v) is 7.55. The lowest BCUT2D eigenvalue weighted by Gasteiger charge is -2.13. The van der Waals surface area contributed by atoms with E-state index in [1.165, 1.54) is 5.57 Å². The van der Waals surface area contributed by atoms with E-state index in [2.05, 4.69) is 51.5 Å². The van der Waals surface area contributed by atoms with Gasteiger partial charge in [-0.05, 0) is 17.6 Å². The quantitative estimate of drug-likeness (QED) is 0.540. The molecule has 1 amide bonds. The first-order chi connectivity index (χ1) is 9.82. The monoisotopic (exact) mass is 312 g/mol. The molecule has 0 saturated carbocycles. The van der Waals surface area contributed by atoms with Crippen LogP contribution in [0.3, 0.4) is 0 Å². The molecule has 0 aromatic rings. The predicted octanol–water partition coefficient (Wildman–Crippen LogP) is 3.73. The first kappa shape index (κ1) is 20.1. The fourth-order valence-corrected chi connectivity index (χ4v) is 2.38. The molecule has 0 saturated heterocycles. The summed E-state index contributed by atoms with van der Waals surface area (Å²) < 4.78 is 0. The van der Waals surface area contributed by atoms with Gasteiger partial charge in [0.05, 0.1) is 0 Å². The van der Waals surface area contributed by atoms with Gasteiger partial charge >= 0.3 is 0 Å². The maximum atomic E-state index is 11.6. The number of hydrogen-bond donors (Lipinski definition) is 2. The van der Waals surface area contributed by atoms with Gasteiger partial charge < -0.3 is 10.6 Å². The molecule has 0 aromatic carbocycles. The van der Waals surface area contributed by atoms with Crippen LogP contribution in [0.5, 0.6) is 0 Å². The molecule has 0 unspecified atom stereocenters. The third-order valence-corrected chi connectivity index (χ3v) is 4.27. The van der Waals surface area contributed by atoms with Crippen LogP contribution in [0.1, 0.15) is 47.0 Å². The van der Waals surface area contributed by atoms with Crippen molar-refractivity contribution in [1.29, 1.82) is 0 Å². The Kier molecular flexibility index (Phi) is 11.2. The molecule has 0 heterocycles. The van der Waals surface area contributed by atoms with Gasteiger partial charge in [-0.15, -0.1) is 0 Å². The van der Waals surface area contributed by atoms with E-state index >= 15 is 0 Å². The maximum Gasteiger partial charge on any atom is 0.220 e. The van der Waals surface area contributed by atoms with Gasteiger partial charge in [0.25, 0.3) is 0 Å². The highest BCUT2D eigenvalue weighted by Gasteiger charge is 2.03. The van der Waals surface area contributed by atoms with Gasteiger partial charge in [0.2, 0.25) is 5.91 Å². The molecule has 0 aliphatic rings. The summed E-state index contributed by atoms with van der Waals surface area (Å²) in [4.78, 5) is 11.6. The molecule has 0 fully saturated rings. The lowest BCUT2D eigenvalue weighted by atomic mass is 10.0. The largest absolute Gasteiger partial charge is 0.388 e. The SMILES string of the molecule is C=C(CCNC(=O)CCSC(C)C)NCCC(=C)C(C)C. The Hall–Kier alpha value is -0.900. The third-order valence-electron chi connectivity index (χ3n) is 3.17. The van der Waals surface area contributed by atoms with Crippen molar-refractivity contribution in [3.05, 3.63) is 24.4 Å². The van der Waals surface area contributed by atoms with Crippen LogP contribution in [0.25, 0.3) is 0 Å². The number of rotatable bonds is 12. The van der Waals surface area contributed by atoms with Gasteiger partial charge in [0.1, 0.15) is 0 Å². The van der Waals surface area contributed by atoms with E-state index in [0.717, 1.165) is 30.8 Å². The number of carbonyl (C=O) groups excluding carboxylic acids is 1. The van der Waals surface area contributed by atoms with Crippen LogP contribution in [0, 0.1) is 5.92 Å². The molecule has 0 bridgehead atoms. The van der Waals surface area contributed by atoms with Crippen LogP contribution < -0.4 is 10.6 Å². The Morgan fingerprint density at radius 2 is 1.62 bits per heavy atom. The highest BCUT2D eigenvalue weighted by Crippen LogP contribution is 2.10. The minimum Gasteiger partial charge on any atom is -0.388 e. The van der Waals surface area contributed by atoms with Crippen molar-refractivity contribution < 1.29 is 4.79 Å². The van der Waals surface area contributed by atoms with Gasteiger partial charge in [0.15, 0.2) is 0 Å². The summed E-state index contributed by atoms with van der Waals surface area (Å²) >= 11 is 1.82. The van der Waals surface area contributed by atoms with E-state index in [-0.39, 0.29) is 5.91 Å². The van der Waals surface area contributed by atoms with E-state index in [0.29, 0.717) is 24.1 Å². The molecule has 0 aromatic heterocycles. The standard InChI is InChI=1S/C17H32N2OS/c1-13(2)15(5)7-10-18-16(6)8-11-19-17(20)9-12-21-14(3)4/h13-14,18H,5-12H2,1-4H3,(H,19,20). The molecule has 0 rings (SSSR count). The Labute approximate surface area is 135 Å². The minimum atomic E-state index is 0.129. The van der Waals surface area contributed by atoms with Crippen molar-refractivity contribution in [3.8, 4) is 0 Å². The fourth-order valence-electron chi connectivity index (χ4n) is 1.61. The van der Waals surface area contributed by atoms with E-state index in [9.17, 15) is 4.79 Å². The summed E-state index contributed by atoms with van der Waals surface area (Å²) in [5.74, 6) is 1.55. The summed E-state index contributed by atoms with van der Waals surface area (Å²) in [5, 5.41) is 6.81. The Morgan fingerprint density at radius 3 is 2.19 bits per heavy atom. The van der Waals surface area contributed by atoms with Crippen LogP contribution in [0.4, 0.5) is 0 Å². The summed E-state index contributed by atoms with van der Waals surface area (Å²) in [6.07, 6.45) is 2.34. The maximum absolute atomic E-state index is 11.6. The van der Waals surface area contributed by atoms with Crippen LogP contribution in [0.15, 0.2) is 24.4 Å². The highest BCUT2D eigenvalue weighted by atomic mass is 32.2. The summed E-state index contributed by atoms with van der Waals surface area (Å²) in [6, 6.07) is 0. The van der Waals surface area contributed by atoms with Crippen molar-refractivity contribution in [2.75, 3.05) is 18.8 Å². The second-order valence-electron chi connectivity index (χ2n) is 5.86. The second kappa shape index (κ2) is 11.7.